The molecule has 0 radical (unpaired) electrons. The van der Waals surface area contributed by atoms with E-state index in [1.54, 1.807) is 0 Å². The van der Waals surface area contributed by atoms with Crippen molar-refractivity contribution in [2.24, 2.45) is 23.3 Å². The fourth-order valence-electron chi connectivity index (χ4n) is 4.35. The maximum Gasteiger partial charge on any atom is 0.239 e. The summed E-state index contributed by atoms with van der Waals surface area (Å²) in [7, 11) is 0. The minimum Gasteiger partial charge on any atom is -0.368 e. The topological polar surface area (TPSA) is 162 Å². The highest BCUT2D eigenvalue weighted by atomic mass is 35.5. The number of piperidine rings is 1. The summed E-state index contributed by atoms with van der Waals surface area (Å²) in [5, 5.41) is 8.03. The Hall–Kier alpha value is -3.31. The van der Waals surface area contributed by atoms with E-state index in [2.05, 4.69) is 37.5 Å². The molecule has 230 valence electrons. The van der Waals surface area contributed by atoms with Gasteiger partial charge in [-0.05, 0) is 48.9 Å². The van der Waals surface area contributed by atoms with Crippen molar-refractivity contribution in [1.82, 2.24) is 25.3 Å². The highest BCUT2D eigenvalue weighted by Crippen LogP contribution is 2.23. The Morgan fingerprint density at radius 3 is 2.07 bits per heavy atom. The molecule has 1 aliphatic heterocycles. The molecule has 2 amide bonds. The molecule has 10 nitrogen and oxygen atoms in total. The molecule has 13 heteroatoms. The molecule has 0 saturated carbocycles. The lowest BCUT2D eigenvalue weighted by Gasteiger charge is -2.23. The minimum atomic E-state index is -0.466. The first-order chi connectivity index (χ1) is 20.5. The number of primary amides is 1. The number of hydrogen-bond donors (Lipinski definition) is 4. The van der Waals surface area contributed by atoms with E-state index in [9.17, 15) is 9.59 Å². The van der Waals surface area contributed by atoms with Crippen LogP contribution in [0.4, 0.5) is 5.82 Å². The number of carbonyl (C=O) groups is 2. The third kappa shape index (κ3) is 10.1. The number of aromatic nitrogens is 4. The molecule has 1 aliphatic rings. The zero-order valence-electron chi connectivity index (χ0n) is 24.4. The van der Waals surface area contributed by atoms with Crippen LogP contribution in [0.3, 0.4) is 0 Å². The van der Waals surface area contributed by atoms with E-state index in [0.29, 0.717) is 40.9 Å². The van der Waals surface area contributed by atoms with Crippen molar-refractivity contribution in [3.8, 4) is 0 Å². The van der Waals surface area contributed by atoms with E-state index in [0.717, 1.165) is 34.8 Å². The van der Waals surface area contributed by atoms with Gasteiger partial charge < -0.3 is 22.1 Å². The lowest BCUT2D eigenvalue weighted by molar-refractivity contribution is -0.124. The van der Waals surface area contributed by atoms with E-state index in [-0.39, 0.29) is 29.6 Å². The summed E-state index contributed by atoms with van der Waals surface area (Å²) >= 11 is 17.4. The molecule has 3 atom stereocenters. The molecule has 6 N–H and O–H groups in total. The first-order valence-corrected chi connectivity index (χ1v) is 15.3. The SMILES string of the molecule is CC(C)C[C@H](Nc1nc(CCl)nc2ccccc12)C(N)=O.CC1CNC(=O)[C@@H](N)C1.ClCc1nc(Cl)c2ccccc2n1. The average Bonchev–Trinajstić information content (AvgIpc) is 2.99. The van der Waals surface area contributed by atoms with Crippen LogP contribution in [0.1, 0.15) is 45.3 Å². The van der Waals surface area contributed by atoms with Gasteiger partial charge in [0, 0.05) is 17.3 Å². The number of hydrogen-bond acceptors (Lipinski definition) is 8. The van der Waals surface area contributed by atoms with Crippen molar-refractivity contribution in [2.45, 2.75) is 57.5 Å². The summed E-state index contributed by atoms with van der Waals surface area (Å²) in [5.74, 6) is 2.66. The van der Waals surface area contributed by atoms with Gasteiger partial charge in [0.1, 0.15) is 28.7 Å². The molecule has 0 bridgehead atoms. The van der Waals surface area contributed by atoms with Crippen molar-refractivity contribution < 1.29 is 9.59 Å². The number of halogens is 3. The summed E-state index contributed by atoms with van der Waals surface area (Å²) in [6.45, 7) is 6.95. The summed E-state index contributed by atoms with van der Waals surface area (Å²) in [5.41, 5.74) is 12.6. The minimum absolute atomic E-state index is 0.00639. The predicted molar refractivity (Wildman–Crippen MR) is 174 cm³/mol. The third-order valence-corrected chi connectivity index (χ3v) is 7.24. The van der Waals surface area contributed by atoms with Crippen LogP contribution in [0.15, 0.2) is 48.5 Å². The Labute approximate surface area is 266 Å². The second kappa shape index (κ2) is 16.5. The van der Waals surface area contributed by atoms with Gasteiger partial charge in [0.25, 0.3) is 0 Å². The second-order valence-corrected chi connectivity index (χ2v) is 11.5. The van der Waals surface area contributed by atoms with Gasteiger partial charge in [0.2, 0.25) is 11.8 Å². The Kier molecular flexibility index (Phi) is 13.1. The van der Waals surface area contributed by atoms with Gasteiger partial charge in [0.15, 0.2) is 0 Å². The van der Waals surface area contributed by atoms with Gasteiger partial charge in [-0.15, -0.1) is 23.2 Å². The van der Waals surface area contributed by atoms with Crippen LogP contribution >= 0.6 is 34.8 Å². The summed E-state index contributed by atoms with van der Waals surface area (Å²) in [4.78, 5) is 39.3. The summed E-state index contributed by atoms with van der Waals surface area (Å²) < 4.78 is 0. The lowest BCUT2D eigenvalue weighted by atomic mass is 9.98. The number of amides is 2. The fraction of sp³-hybridized carbons (Fsp3) is 0.400. The van der Waals surface area contributed by atoms with E-state index in [1.165, 1.54) is 0 Å². The normalized spacial score (nSPS) is 16.9. The Bertz CT molecular complexity index is 1540. The molecule has 1 unspecified atom stereocenters. The van der Waals surface area contributed by atoms with E-state index >= 15 is 0 Å². The van der Waals surface area contributed by atoms with Gasteiger partial charge in [-0.1, -0.05) is 56.6 Å². The monoisotopic (exact) mass is 646 g/mol. The maximum absolute atomic E-state index is 11.6. The molecule has 0 aliphatic carbocycles. The number of alkyl halides is 2. The van der Waals surface area contributed by atoms with E-state index < -0.39 is 6.04 Å². The number of benzene rings is 2. The Morgan fingerprint density at radius 1 is 0.977 bits per heavy atom. The molecule has 5 rings (SSSR count). The van der Waals surface area contributed by atoms with Crippen molar-refractivity contribution in [1.29, 1.82) is 0 Å². The fourth-order valence-corrected chi connectivity index (χ4v) is 4.85. The van der Waals surface area contributed by atoms with Gasteiger partial charge in [-0.2, -0.15) is 0 Å². The Morgan fingerprint density at radius 2 is 1.53 bits per heavy atom. The largest absolute Gasteiger partial charge is 0.368 e. The second-order valence-electron chi connectivity index (χ2n) is 10.6. The summed E-state index contributed by atoms with van der Waals surface area (Å²) in [6, 6.07) is 14.4. The molecular formula is C30H37Cl3N8O2. The predicted octanol–water partition coefficient (Wildman–Crippen LogP) is 5.17. The zero-order valence-corrected chi connectivity index (χ0v) is 26.6. The van der Waals surface area contributed by atoms with Crippen molar-refractivity contribution in [3.63, 3.8) is 0 Å². The quantitative estimate of drug-likeness (QED) is 0.158. The molecule has 4 aromatic rings. The number of nitrogens with one attached hydrogen (secondary N) is 2. The van der Waals surface area contributed by atoms with Crippen LogP contribution in [0.25, 0.3) is 21.8 Å². The number of rotatable bonds is 7. The van der Waals surface area contributed by atoms with Crippen LogP contribution in [0, 0.1) is 11.8 Å². The molecule has 0 spiro atoms. The van der Waals surface area contributed by atoms with E-state index in [4.69, 9.17) is 46.3 Å². The van der Waals surface area contributed by atoms with Crippen molar-refractivity contribution >= 4 is 74.2 Å². The third-order valence-electron chi connectivity index (χ3n) is 6.47. The van der Waals surface area contributed by atoms with Gasteiger partial charge in [-0.25, -0.2) is 19.9 Å². The highest BCUT2D eigenvalue weighted by molar-refractivity contribution is 6.34. The first kappa shape index (κ1) is 34.2. The van der Waals surface area contributed by atoms with Gasteiger partial charge >= 0.3 is 0 Å². The molecule has 2 aromatic heterocycles. The van der Waals surface area contributed by atoms with E-state index in [1.807, 2.05) is 62.4 Å². The maximum atomic E-state index is 11.6. The number of anilines is 1. The molecule has 1 fully saturated rings. The smallest absolute Gasteiger partial charge is 0.239 e. The van der Waals surface area contributed by atoms with Crippen LogP contribution < -0.4 is 22.1 Å². The zero-order chi connectivity index (χ0) is 31.5. The highest BCUT2D eigenvalue weighted by Gasteiger charge is 2.22. The molecule has 3 heterocycles. The molecule has 2 aromatic carbocycles. The first-order valence-electron chi connectivity index (χ1n) is 13.9. The van der Waals surface area contributed by atoms with Crippen LogP contribution in [0.5, 0.6) is 0 Å². The lowest BCUT2D eigenvalue weighted by Crippen LogP contribution is -2.48. The summed E-state index contributed by atoms with van der Waals surface area (Å²) in [6.07, 6.45) is 1.47. The standard InChI is InChI=1S/C15H19ClN4O.C9H6Cl2N2.C6H12N2O/c1-9(2)7-12(14(17)21)19-15-10-5-3-4-6-11(10)18-13(8-16)20-15;10-5-8-12-7-4-2-1-3-6(7)9(11)13-8;1-4-2-5(7)6(9)8-3-4/h3-6,9,12H,7-8H2,1-2H3,(H2,17,21)(H,18,19,20);1-4H,5H2;4-5H,2-3,7H2,1H3,(H,8,9)/t12-;;4?,5-/m0.0/s1. The van der Waals surface area contributed by atoms with Crippen molar-refractivity contribution in [2.75, 3.05) is 11.9 Å². The number of nitrogens with zero attached hydrogens (tertiary/aromatic N) is 4. The number of nitrogens with two attached hydrogens (primary N) is 2. The number of carbonyl (C=O) groups excluding carboxylic acids is 2. The Balaban J connectivity index is 0.000000195. The van der Waals surface area contributed by atoms with Crippen LogP contribution in [-0.2, 0) is 21.3 Å². The average molecular weight is 648 g/mol. The molecule has 1 saturated heterocycles. The number of fused-ring (bicyclic) bond motifs is 2. The van der Waals surface area contributed by atoms with Gasteiger partial charge in [0.05, 0.1) is 28.8 Å². The molecular weight excluding hydrogens is 611 g/mol. The van der Waals surface area contributed by atoms with Crippen LogP contribution in [-0.4, -0.2) is 50.4 Å². The van der Waals surface area contributed by atoms with Crippen LogP contribution in [0.2, 0.25) is 5.15 Å². The van der Waals surface area contributed by atoms with Gasteiger partial charge in [-0.3, -0.25) is 9.59 Å². The number of para-hydroxylation sites is 2. The van der Waals surface area contributed by atoms with Crippen molar-refractivity contribution in [3.05, 3.63) is 65.3 Å². The molecule has 43 heavy (non-hydrogen) atoms.